The predicted molar refractivity (Wildman–Crippen MR) is 126 cm³/mol. The number of nitrogens with one attached hydrogen (secondary N) is 1. The quantitative estimate of drug-likeness (QED) is 0.607. The third-order valence-corrected chi connectivity index (χ3v) is 7.34. The number of thioether (sulfide) groups is 1. The fourth-order valence-electron chi connectivity index (χ4n) is 4.21. The Bertz CT molecular complexity index is 1050. The van der Waals surface area contributed by atoms with Crippen LogP contribution in [-0.4, -0.2) is 77.1 Å². The van der Waals surface area contributed by atoms with Crippen LogP contribution in [0.25, 0.3) is 10.9 Å². The SMILES string of the molecule is N#CC1CSCN1C(=O)CNC(=O)c1ccnc2ccc(CCC(CF)CN3CCC3)cc12. The van der Waals surface area contributed by atoms with E-state index in [-0.39, 0.29) is 31.0 Å². The minimum Gasteiger partial charge on any atom is -0.343 e. The van der Waals surface area contributed by atoms with Crippen LogP contribution in [0, 0.1) is 17.2 Å². The molecule has 2 aliphatic rings. The van der Waals surface area contributed by atoms with Crippen LogP contribution in [0.4, 0.5) is 4.39 Å². The van der Waals surface area contributed by atoms with E-state index in [1.54, 1.807) is 12.3 Å². The number of amides is 2. The molecule has 33 heavy (non-hydrogen) atoms. The van der Waals surface area contributed by atoms with E-state index in [2.05, 4.69) is 21.3 Å². The van der Waals surface area contributed by atoms with Crippen LogP contribution in [0.15, 0.2) is 30.5 Å². The highest BCUT2D eigenvalue weighted by Crippen LogP contribution is 2.22. The average Bonchev–Trinajstić information content (AvgIpc) is 3.30. The van der Waals surface area contributed by atoms with Crippen LogP contribution >= 0.6 is 11.8 Å². The van der Waals surface area contributed by atoms with Crippen molar-refractivity contribution in [3.05, 3.63) is 41.6 Å². The van der Waals surface area contributed by atoms with Gasteiger partial charge >= 0.3 is 0 Å². The Labute approximate surface area is 197 Å². The van der Waals surface area contributed by atoms with Gasteiger partial charge < -0.3 is 15.1 Å². The number of nitriles is 1. The van der Waals surface area contributed by atoms with Gasteiger partial charge in [-0.1, -0.05) is 6.07 Å². The lowest BCUT2D eigenvalue weighted by Gasteiger charge is -2.33. The zero-order chi connectivity index (χ0) is 23.2. The second-order valence-electron chi connectivity index (χ2n) is 8.61. The first-order valence-electron chi connectivity index (χ1n) is 11.3. The minimum atomic E-state index is -0.446. The van der Waals surface area contributed by atoms with E-state index in [0.717, 1.165) is 38.0 Å². The summed E-state index contributed by atoms with van der Waals surface area (Å²) in [6.07, 6.45) is 4.26. The van der Waals surface area contributed by atoms with E-state index in [4.69, 9.17) is 5.26 Å². The number of likely N-dealkylation sites (tertiary alicyclic amines) is 1. The fourth-order valence-corrected chi connectivity index (χ4v) is 5.32. The van der Waals surface area contributed by atoms with Gasteiger partial charge in [-0.05, 0) is 56.1 Å². The molecule has 2 atom stereocenters. The number of halogens is 1. The molecule has 3 heterocycles. The summed E-state index contributed by atoms with van der Waals surface area (Å²) >= 11 is 1.53. The maximum Gasteiger partial charge on any atom is 0.252 e. The van der Waals surface area contributed by atoms with Crippen molar-refractivity contribution in [3.63, 3.8) is 0 Å². The van der Waals surface area contributed by atoms with E-state index < -0.39 is 6.04 Å². The lowest BCUT2D eigenvalue weighted by Crippen LogP contribution is -2.42. The molecule has 1 aromatic carbocycles. The highest BCUT2D eigenvalue weighted by atomic mass is 32.2. The number of benzene rings is 1. The van der Waals surface area contributed by atoms with E-state index >= 15 is 0 Å². The van der Waals surface area contributed by atoms with Gasteiger partial charge in [0.15, 0.2) is 0 Å². The second-order valence-corrected chi connectivity index (χ2v) is 9.61. The van der Waals surface area contributed by atoms with Gasteiger partial charge in [0.1, 0.15) is 6.04 Å². The Morgan fingerprint density at radius 1 is 1.33 bits per heavy atom. The van der Waals surface area contributed by atoms with Crippen LogP contribution in [-0.2, 0) is 11.2 Å². The number of aryl methyl sites for hydroxylation is 1. The summed E-state index contributed by atoms with van der Waals surface area (Å²) in [7, 11) is 0. The van der Waals surface area contributed by atoms with E-state index in [0.29, 0.717) is 28.1 Å². The summed E-state index contributed by atoms with van der Waals surface area (Å²) < 4.78 is 13.5. The molecule has 2 fully saturated rings. The smallest absolute Gasteiger partial charge is 0.252 e. The van der Waals surface area contributed by atoms with Gasteiger partial charge in [0, 0.05) is 29.8 Å². The zero-order valence-electron chi connectivity index (χ0n) is 18.5. The number of fused-ring (bicyclic) bond motifs is 1. The third-order valence-electron chi connectivity index (χ3n) is 6.33. The van der Waals surface area contributed by atoms with E-state index in [9.17, 15) is 14.0 Å². The molecule has 174 valence electrons. The number of nitrogens with zero attached hydrogens (tertiary/aromatic N) is 4. The molecule has 2 saturated heterocycles. The first-order chi connectivity index (χ1) is 16.1. The highest BCUT2D eigenvalue weighted by molar-refractivity contribution is 7.99. The van der Waals surface area contributed by atoms with Crippen molar-refractivity contribution in [2.24, 2.45) is 5.92 Å². The Morgan fingerprint density at radius 3 is 2.91 bits per heavy atom. The van der Waals surface area contributed by atoms with Crippen LogP contribution in [0.3, 0.4) is 0 Å². The maximum absolute atomic E-state index is 13.5. The van der Waals surface area contributed by atoms with Crippen molar-refractivity contribution < 1.29 is 14.0 Å². The molecule has 7 nitrogen and oxygen atoms in total. The van der Waals surface area contributed by atoms with Gasteiger partial charge in [0.05, 0.1) is 36.2 Å². The van der Waals surface area contributed by atoms with Gasteiger partial charge in [0.25, 0.3) is 5.91 Å². The third kappa shape index (κ3) is 5.63. The number of hydrogen-bond donors (Lipinski definition) is 1. The van der Waals surface area contributed by atoms with Crippen molar-refractivity contribution in [1.29, 1.82) is 5.26 Å². The molecule has 2 unspecified atom stereocenters. The Hall–Kier alpha value is -2.70. The van der Waals surface area contributed by atoms with Gasteiger partial charge in [-0.2, -0.15) is 5.26 Å². The molecule has 0 aliphatic carbocycles. The number of carbonyl (C=O) groups excluding carboxylic acids is 2. The molecule has 0 saturated carbocycles. The van der Waals surface area contributed by atoms with Crippen LogP contribution in [0.5, 0.6) is 0 Å². The van der Waals surface area contributed by atoms with Crippen molar-refractivity contribution in [3.8, 4) is 6.07 Å². The summed E-state index contributed by atoms with van der Waals surface area (Å²) in [5.41, 5.74) is 2.18. The van der Waals surface area contributed by atoms with Crippen molar-refractivity contribution in [2.45, 2.75) is 25.3 Å². The molecule has 2 aromatic rings. The summed E-state index contributed by atoms with van der Waals surface area (Å²) in [4.78, 5) is 33.5. The van der Waals surface area contributed by atoms with E-state index in [1.165, 1.54) is 23.1 Å². The second kappa shape index (κ2) is 10.9. The number of hydrogen-bond acceptors (Lipinski definition) is 6. The van der Waals surface area contributed by atoms with Crippen molar-refractivity contribution >= 4 is 34.5 Å². The van der Waals surface area contributed by atoms with Crippen molar-refractivity contribution in [2.75, 3.05) is 44.5 Å². The number of pyridine rings is 1. The number of aromatic nitrogens is 1. The molecule has 4 rings (SSSR count). The number of carbonyl (C=O) groups is 2. The van der Waals surface area contributed by atoms with Crippen LogP contribution in [0.1, 0.15) is 28.8 Å². The highest BCUT2D eigenvalue weighted by Gasteiger charge is 2.29. The molecule has 1 N–H and O–H groups in total. The number of rotatable bonds is 9. The molecule has 0 radical (unpaired) electrons. The zero-order valence-corrected chi connectivity index (χ0v) is 19.3. The molecule has 2 amide bonds. The van der Waals surface area contributed by atoms with Crippen LogP contribution in [0.2, 0.25) is 0 Å². The molecule has 2 aliphatic heterocycles. The normalized spacial score (nSPS) is 19.2. The predicted octanol–water partition coefficient (Wildman–Crippen LogP) is 2.61. The monoisotopic (exact) mass is 469 g/mol. The van der Waals surface area contributed by atoms with Gasteiger partial charge in [-0.15, -0.1) is 11.8 Å². The molecular formula is C24H28FN5O2S. The molecular weight excluding hydrogens is 441 g/mol. The van der Waals surface area contributed by atoms with Gasteiger partial charge in [-0.25, -0.2) is 0 Å². The minimum absolute atomic E-state index is 0.0182. The summed E-state index contributed by atoms with van der Waals surface area (Å²) in [6, 6.07) is 9.12. The Balaban J connectivity index is 1.41. The average molecular weight is 470 g/mol. The Kier molecular flexibility index (Phi) is 7.78. The Morgan fingerprint density at radius 2 is 2.18 bits per heavy atom. The lowest BCUT2D eigenvalue weighted by molar-refractivity contribution is -0.129. The lowest BCUT2D eigenvalue weighted by atomic mass is 9.97. The first kappa shape index (κ1) is 23.5. The van der Waals surface area contributed by atoms with Gasteiger partial charge in [0.2, 0.25) is 5.91 Å². The largest absolute Gasteiger partial charge is 0.343 e. The summed E-state index contributed by atoms with van der Waals surface area (Å²) in [6.45, 7) is 2.44. The maximum atomic E-state index is 13.5. The van der Waals surface area contributed by atoms with Crippen LogP contribution < -0.4 is 5.32 Å². The standard InChI is InChI=1S/C24H28FN5O2S/c25-11-18(14-29-8-1-9-29)3-2-17-4-5-22-21(10-17)20(6-7-27-22)24(32)28-13-23(31)30-16-33-15-19(30)12-26/h4-7,10,18-19H,1-3,8-9,11,13-16H2,(H,28,32). The molecule has 0 spiro atoms. The fraction of sp³-hybridized carbons (Fsp3) is 0.500. The van der Waals surface area contributed by atoms with E-state index in [1.807, 2.05) is 18.2 Å². The van der Waals surface area contributed by atoms with Crippen molar-refractivity contribution in [1.82, 2.24) is 20.1 Å². The molecule has 0 bridgehead atoms. The van der Waals surface area contributed by atoms with Gasteiger partial charge in [-0.3, -0.25) is 19.0 Å². The number of alkyl halides is 1. The summed E-state index contributed by atoms with van der Waals surface area (Å²) in [5, 5.41) is 12.6. The first-order valence-corrected chi connectivity index (χ1v) is 12.5. The summed E-state index contributed by atoms with van der Waals surface area (Å²) in [5.74, 6) is 0.456. The molecule has 9 heteroatoms. The topological polar surface area (TPSA) is 89.3 Å². The molecule has 1 aromatic heterocycles.